The van der Waals surface area contributed by atoms with E-state index in [0.29, 0.717) is 32.3 Å². The minimum Gasteiger partial charge on any atom is -0.361 e. The van der Waals surface area contributed by atoms with E-state index in [0.717, 1.165) is 41.3 Å². The van der Waals surface area contributed by atoms with Gasteiger partial charge in [0.15, 0.2) is 0 Å². The maximum absolute atomic E-state index is 13.1. The molecule has 0 aliphatic carbocycles. The summed E-state index contributed by atoms with van der Waals surface area (Å²) in [5.41, 5.74) is 3.81. The second-order valence-electron chi connectivity index (χ2n) is 8.48. The Bertz CT molecular complexity index is 1460. The average molecular weight is 481 g/mol. The van der Waals surface area contributed by atoms with Crippen molar-refractivity contribution in [3.63, 3.8) is 0 Å². The lowest BCUT2D eigenvalue weighted by atomic mass is 9.95. The number of halogens is 2. The molecular weight excluding hydrogens is 459 g/mol. The number of nitrogens with zero attached hydrogens (tertiary/aromatic N) is 2. The predicted octanol–water partition coefficient (Wildman–Crippen LogP) is 4.95. The molecule has 0 saturated carbocycles. The van der Waals surface area contributed by atoms with Crippen molar-refractivity contribution in [1.82, 2.24) is 19.8 Å². The first kappa shape index (κ1) is 21.8. The highest BCUT2D eigenvalue weighted by molar-refractivity contribution is 6.51. The van der Waals surface area contributed by atoms with Crippen molar-refractivity contribution in [2.45, 2.75) is 13.0 Å². The molecule has 3 heterocycles. The number of nitrogens with one attached hydrogen (secondary N) is 2. The van der Waals surface area contributed by atoms with Crippen LogP contribution < -0.4 is 5.32 Å². The van der Waals surface area contributed by atoms with Crippen LogP contribution in [0.25, 0.3) is 33.0 Å². The van der Waals surface area contributed by atoms with Crippen LogP contribution in [0.1, 0.15) is 17.5 Å². The Morgan fingerprint density at radius 2 is 1.58 bits per heavy atom. The Hall–Kier alpha value is -3.06. The van der Waals surface area contributed by atoms with Crippen molar-refractivity contribution in [1.29, 1.82) is 0 Å². The maximum Gasteiger partial charge on any atom is 0.259 e. The van der Waals surface area contributed by atoms with Gasteiger partial charge in [0.25, 0.3) is 11.8 Å². The number of rotatable bonds is 6. The Kier molecular flexibility index (Phi) is 5.52. The van der Waals surface area contributed by atoms with Gasteiger partial charge in [0, 0.05) is 61.9 Å². The van der Waals surface area contributed by atoms with Crippen molar-refractivity contribution in [3.8, 4) is 0 Å². The number of aryl methyl sites for hydroxylation is 1. The molecule has 6 nitrogen and oxygen atoms in total. The van der Waals surface area contributed by atoms with Gasteiger partial charge in [-0.25, -0.2) is 0 Å². The second kappa shape index (κ2) is 8.37. The molecule has 0 bridgehead atoms. The van der Waals surface area contributed by atoms with Gasteiger partial charge in [-0.1, -0.05) is 23.2 Å². The number of benzene rings is 2. The van der Waals surface area contributed by atoms with Gasteiger partial charge in [0.05, 0.1) is 11.1 Å². The highest BCUT2D eigenvalue weighted by Crippen LogP contribution is 2.39. The van der Waals surface area contributed by atoms with Crippen LogP contribution in [0.3, 0.4) is 0 Å². The molecule has 2 aromatic heterocycles. The average Bonchev–Trinajstić information content (AvgIpc) is 3.40. The van der Waals surface area contributed by atoms with Crippen LogP contribution in [0.5, 0.6) is 0 Å². The fraction of sp³-hybridized carbons (Fsp3) is 0.200. The van der Waals surface area contributed by atoms with Gasteiger partial charge in [-0.3, -0.25) is 14.9 Å². The minimum absolute atomic E-state index is 0.334. The van der Waals surface area contributed by atoms with Crippen molar-refractivity contribution >= 4 is 68.0 Å². The number of amides is 2. The molecule has 2 N–H and O–H groups in total. The summed E-state index contributed by atoms with van der Waals surface area (Å²) in [6, 6.07) is 11.1. The third kappa shape index (κ3) is 3.84. The highest BCUT2D eigenvalue weighted by Gasteiger charge is 2.35. The fourth-order valence-corrected chi connectivity index (χ4v) is 4.82. The Labute approximate surface area is 200 Å². The number of aromatic nitrogens is 2. The number of imide groups is 1. The van der Waals surface area contributed by atoms with E-state index in [-0.39, 0.29) is 0 Å². The first-order valence-corrected chi connectivity index (χ1v) is 11.4. The molecule has 4 aromatic rings. The monoisotopic (exact) mass is 480 g/mol. The summed E-state index contributed by atoms with van der Waals surface area (Å²) in [6.45, 7) is 1.71. The molecule has 33 heavy (non-hydrogen) atoms. The maximum atomic E-state index is 13.1. The molecule has 1 aliphatic rings. The van der Waals surface area contributed by atoms with Crippen molar-refractivity contribution < 1.29 is 9.59 Å². The third-order valence-electron chi connectivity index (χ3n) is 5.96. The summed E-state index contributed by atoms with van der Waals surface area (Å²) in [6.07, 6.45) is 4.64. The third-order valence-corrected chi connectivity index (χ3v) is 6.43. The van der Waals surface area contributed by atoms with Crippen molar-refractivity contribution in [2.24, 2.45) is 0 Å². The standard InChI is InChI=1S/C25H22Cl2N4O2/c1-30(2)8-3-9-31-13-19(17-11-15(27)5-7-21(17)31)23-22(24(32)29-25(23)33)18-12-28-20-6-4-14(26)10-16(18)20/h4-7,10-13,28H,3,8-9H2,1-2H3,(H,29,32,33). The molecule has 8 heteroatoms. The summed E-state index contributed by atoms with van der Waals surface area (Å²) in [5.74, 6) is -0.842. The van der Waals surface area contributed by atoms with Gasteiger partial charge in [-0.2, -0.15) is 0 Å². The summed E-state index contributed by atoms with van der Waals surface area (Å²) in [5, 5.41) is 5.23. The first-order valence-electron chi connectivity index (χ1n) is 10.6. The predicted molar refractivity (Wildman–Crippen MR) is 133 cm³/mol. The number of fused-ring (bicyclic) bond motifs is 2. The van der Waals surface area contributed by atoms with E-state index in [9.17, 15) is 9.59 Å². The summed E-state index contributed by atoms with van der Waals surface area (Å²) in [7, 11) is 4.08. The quantitative estimate of drug-likeness (QED) is 0.383. The fourth-order valence-electron chi connectivity index (χ4n) is 4.48. The van der Waals surface area contributed by atoms with E-state index in [4.69, 9.17) is 23.2 Å². The van der Waals surface area contributed by atoms with Gasteiger partial charge in [0.1, 0.15) is 0 Å². The highest BCUT2D eigenvalue weighted by atomic mass is 35.5. The van der Waals surface area contributed by atoms with Crippen molar-refractivity contribution in [3.05, 3.63) is 70.0 Å². The molecule has 0 unspecified atom stereocenters. The summed E-state index contributed by atoms with van der Waals surface area (Å²) in [4.78, 5) is 31.3. The van der Waals surface area contributed by atoms with E-state index in [2.05, 4.69) is 19.8 Å². The second-order valence-corrected chi connectivity index (χ2v) is 9.35. The Morgan fingerprint density at radius 1 is 0.909 bits per heavy atom. The van der Waals surface area contributed by atoms with Crippen LogP contribution >= 0.6 is 23.2 Å². The lowest BCUT2D eigenvalue weighted by molar-refractivity contribution is -0.122. The number of carbonyl (C=O) groups excluding carboxylic acids is 2. The van der Waals surface area contributed by atoms with Crippen LogP contribution in [0, 0.1) is 0 Å². The van der Waals surface area contributed by atoms with Gasteiger partial charge in [0.2, 0.25) is 0 Å². The van der Waals surface area contributed by atoms with E-state index in [1.807, 2.05) is 44.6 Å². The van der Waals surface area contributed by atoms with Gasteiger partial charge in [-0.05, 0) is 63.5 Å². The molecule has 168 valence electrons. The number of hydrogen-bond acceptors (Lipinski definition) is 3. The van der Waals surface area contributed by atoms with E-state index >= 15 is 0 Å². The number of aromatic amines is 1. The smallest absolute Gasteiger partial charge is 0.259 e. The normalized spacial score (nSPS) is 14.3. The molecule has 2 aromatic carbocycles. The summed E-state index contributed by atoms with van der Waals surface area (Å²) < 4.78 is 2.12. The zero-order chi connectivity index (χ0) is 23.3. The topological polar surface area (TPSA) is 70.1 Å². The molecular formula is C25H22Cl2N4O2. The molecule has 5 rings (SSSR count). The zero-order valence-electron chi connectivity index (χ0n) is 18.2. The Balaban J connectivity index is 1.73. The van der Waals surface area contributed by atoms with E-state index in [1.165, 1.54) is 0 Å². The minimum atomic E-state index is -0.425. The molecule has 2 amide bonds. The van der Waals surface area contributed by atoms with Crippen LogP contribution in [0.2, 0.25) is 10.0 Å². The van der Waals surface area contributed by atoms with E-state index < -0.39 is 11.8 Å². The molecule has 0 atom stereocenters. The van der Waals surface area contributed by atoms with Gasteiger partial charge in [-0.15, -0.1) is 0 Å². The number of hydrogen-bond donors (Lipinski definition) is 2. The van der Waals surface area contributed by atoms with Crippen LogP contribution in [0.4, 0.5) is 0 Å². The van der Waals surface area contributed by atoms with Crippen molar-refractivity contribution in [2.75, 3.05) is 20.6 Å². The molecule has 1 aliphatic heterocycles. The van der Waals surface area contributed by atoms with Crippen LogP contribution in [0.15, 0.2) is 48.8 Å². The molecule has 0 saturated heterocycles. The van der Waals surface area contributed by atoms with E-state index in [1.54, 1.807) is 18.3 Å². The van der Waals surface area contributed by atoms with Crippen LogP contribution in [-0.4, -0.2) is 46.9 Å². The first-order chi connectivity index (χ1) is 15.8. The Morgan fingerprint density at radius 3 is 2.30 bits per heavy atom. The lowest BCUT2D eigenvalue weighted by Gasteiger charge is -2.10. The largest absolute Gasteiger partial charge is 0.361 e. The van der Waals surface area contributed by atoms with Crippen LogP contribution in [-0.2, 0) is 16.1 Å². The zero-order valence-corrected chi connectivity index (χ0v) is 19.7. The number of H-pyrrole nitrogens is 1. The molecule has 0 radical (unpaired) electrons. The summed E-state index contributed by atoms with van der Waals surface area (Å²) >= 11 is 12.6. The SMILES string of the molecule is CN(C)CCCn1cc(C2=C(c3c[nH]c4ccc(Cl)cc34)C(=O)NC2=O)c2cc(Cl)ccc21. The molecule has 0 spiro atoms. The van der Waals surface area contributed by atoms with Gasteiger partial charge >= 0.3 is 0 Å². The lowest BCUT2D eigenvalue weighted by Crippen LogP contribution is -2.22. The molecule has 0 fully saturated rings. The number of carbonyl (C=O) groups is 2. The van der Waals surface area contributed by atoms with Gasteiger partial charge < -0.3 is 14.5 Å².